The highest BCUT2D eigenvalue weighted by Crippen LogP contribution is 2.22. The van der Waals surface area contributed by atoms with Crippen LogP contribution in [0.3, 0.4) is 0 Å². The van der Waals surface area contributed by atoms with E-state index in [2.05, 4.69) is 29.4 Å². The molecule has 0 aliphatic rings. The zero-order valence-electron chi connectivity index (χ0n) is 16.6. The Morgan fingerprint density at radius 2 is 1.64 bits per heavy atom. The summed E-state index contributed by atoms with van der Waals surface area (Å²) in [5.41, 5.74) is 2.84. The minimum atomic E-state index is -0.230. The molecule has 28 heavy (non-hydrogen) atoms. The van der Waals surface area contributed by atoms with Gasteiger partial charge in [-0.15, -0.1) is 0 Å². The van der Waals surface area contributed by atoms with Gasteiger partial charge in [-0.05, 0) is 36.3 Å². The van der Waals surface area contributed by atoms with Gasteiger partial charge in [0.15, 0.2) is 0 Å². The van der Waals surface area contributed by atoms with E-state index in [-0.39, 0.29) is 18.4 Å². The summed E-state index contributed by atoms with van der Waals surface area (Å²) in [7, 11) is 0. The van der Waals surface area contributed by atoms with Gasteiger partial charge >= 0.3 is 0 Å². The van der Waals surface area contributed by atoms with Crippen molar-refractivity contribution in [3.8, 4) is 11.1 Å². The average molecular weight is 400 g/mol. The normalized spacial score (nSPS) is 10.7. The topological polar surface area (TPSA) is 61.4 Å². The van der Waals surface area contributed by atoms with Crippen molar-refractivity contribution in [1.29, 1.82) is 0 Å². The van der Waals surface area contributed by atoms with Gasteiger partial charge in [-0.3, -0.25) is 9.59 Å². The van der Waals surface area contributed by atoms with Crippen LogP contribution in [0.5, 0.6) is 0 Å². The highest BCUT2D eigenvalue weighted by Gasteiger charge is 2.07. The van der Waals surface area contributed by atoms with Crippen LogP contribution >= 0.6 is 11.8 Å². The standard InChI is InChI=1S/C22H29N3O2S/c1-3-25(4-2)13-14-28-17-22(27)23-16-21(26)24-20-12-8-11-19(15-20)18-9-6-5-7-10-18/h5-12,15H,3-4,13-14,16-17H2,1-2H3,(H,23,27)(H,24,26). The van der Waals surface area contributed by atoms with E-state index in [1.54, 1.807) is 11.8 Å². The summed E-state index contributed by atoms with van der Waals surface area (Å²) < 4.78 is 0. The van der Waals surface area contributed by atoms with Gasteiger partial charge in [-0.2, -0.15) is 11.8 Å². The molecule has 0 bridgehead atoms. The van der Waals surface area contributed by atoms with Crippen LogP contribution in [0.1, 0.15) is 13.8 Å². The summed E-state index contributed by atoms with van der Waals surface area (Å²) in [6.07, 6.45) is 0. The van der Waals surface area contributed by atoms with Crippen LogP contribution in [-0.2, 0) is 9.59 Å². The van der Waals surface area contributed by atoms with Crippen molar-refractivity contribution in [1.82, 2.24) is 10.2 Å². The molecule has 0 heterocycles. The zero-order valence-corrected chi connectivity index (χ0v) is 17.4. The lowest BCUT2D eigenvalue weighted by Crippen LogP contribution is -2.34. The largest absolute Gasteiger partial charge is 0.346 e. The Morgan fingerprint density at radius 3 is 2.36 bits per heavy atom. The average Bonchev–Trinajstić information content (AvgIpc) is 2.73. The van der Waals surface area contributed by atoms with E-state index in [0.29, 0.717) is 11.4 Å². The summed E-state index contributed by atoms with van der Waals surface area (Å²) in [5.74, 6) is 0.940. The SMILES string of the molecule is CCN(CC)CCSCC(=O)NCC(=O)Nc1cccc(-c2ccccc2)c1. The Labute approximate surface area is 171 Å². The van der Waals surface area contributed by atoms with Gasteiger partial charge in [-0.25, -0.2) is 0 Å². The second-order valence-corrected chi connectivity index (χ2v) is 7.46. The smallest absolute Gasteiger partial charge is 0.243 e. The Kier molecular flexibility index (Phi) is 9.59. The molecule has 0 saturated carbocycles. The number of amides is 2. The van der Waals surface area contributed by atoms with Gasteiger partial charge in [0.2, 0.25) is 11.8 Å². The lowest BCUT2D eigenvalue weighted by molar-refractivity contribution is -0.122. The molecule has 2 aromatic carbocycles. The van der Waals surface area contributed by atoms with Crippen molar-refractivity contribution in [3.05, 3.63) is 54.6 Å². The number of benzene rings is 2. The van der Waals surface area contributed by atoms with Crippen molar-refractivity contribution >= 4 is 29.3 Å². The van der Waals surface area contributed by atoms with E-state index in [0.717, 1.165) is 36.5 Å². The maximum absolute atomic E-state index is 12.1. The first-order valence-corrected chi connectivity index (χ1v) is 10.8. The Hall–Kier alpha value is -2.31. The summed E-state index contributed by atoms with van der Waals surface area (Å²) in [6.45, 7) is 7.27. The molecule has 0 unspecified atom stereocenters. The molecule has 0 atom stereocenters. The van der Waals surface area contributed by atoms with E-state index >= 15 is 0 Å². The van der Waals surface area contributed by atoms with Gasteiger partial charge in [0, 0.05) is 18.0 Å². The monoisotopic (exact) mass is 399 g/mol. The predicted molar refractivity (Wildman–Crippen MR) is 119 cm³/mol. The Bertz CT molecular complexity index is 748. The van der Waals surface area contributed by atoms with Crippen LogP contribution in [0.2, 0.25) is 0 Å². The van der Waals surface area contributed by atoms with E-state index in [4.69, 9.17) is 0 Å². The van der Waals surface area contributed by atoms with Gasteiger partial charge < -0.3 is 15.5 Å². The van der Waals surface area contributed by atoms with Gasteiger partial charge in [0.05, 0.1) is 12.3 Å². The lowest BCUT2D eigenvalue weighted by Gasteiger charge is -2.17. The number of carbonyl (C=O) groups excluding carboxylic acids is 2. The number of hydrogen-bond acceptors (Lipinski definition) is 4. The number of thioether (sulfide) groups is 1. The number of nitrogens with zero attached hydrogens (tertiary/aromatic N) is 1. The van der Waals surface area contributed by atoms with Crippen molar-refractivity contribution in [2.24, 2.45) is 0 Å². The first-order valence-electron chi connectivity index (χ1n) is 9.64. The fourth-order valence-corrected chi connectivity index (χ4v) is 3.56. The number of carbonyl (C=O) groups is 2. The fraction of sp³-hybridized carbons (Fsp3) is 0.364. The fourth-order valence-electron chi connectivity index (χ4n) is 2.74. The quantitative estimate of drug-likeness (QED) is 0.568. The number of nitrogens with one attached hydrogen (secondary N) is 2. The minimum absolute atomic E-state index is 0.0228. The van der Waals surface area contributed by atoms with Crippen LogP contribution in [-0.4, -0.2) is 54.4 Å². The van der Waals surface area contributed by atoms with Crippen LogP contribution < -0.4 is 10.6 Å². The highest BCUT2D eigenvalue weighted by molar-refractivity contribution is 7.99. The lowest BCUT2D eigenvalue weighted by atomic mass is 10.1. The summed E-state index contributed by atoms with van der Waals surface area (Å²) in [4.78, 5) is 26.3. The van der Waals surface area contributed by atoms with E-state index in [9.17, 15) is 9.59 Å². The summed E-state index contributed by atoms with van der Waals surface area (Å²) in [6, 6.07) is 17.7. The van der Waals surface area contributed by atoms with Crippen LogP contribution in [0.4, 0.5) is 5.69 Å². The third-order valence-corrected chi connectivity index (χ3v) is 5.32. The van der Waals surface area contributed by atoms with Gasteiger partial charge in [0.25, 0.3) is 0 Å². The summed E-state index contributed by atoms with van der Waals surface area (Å²) in [5, 5.41) is 5.52. The number of anilines is 1. The van der Waals surface area contributed by atoms with Crippen LogP contribution in [0, 0.1) is 0 Å². The molecule has 0 saturated heterocycles. The molecule has 0 aliphatic heterocycles. The maximum atomic E-state index is 12.1. The van der Waals surface area contributed by atoms with Crippen molar-refractivity contribution in [2.45, 2.75) is 13.8 Å². The first-order chi connectivity index (χ1) is 13.6. The molecule has 0 aromatic heterocycles. The van der Waals surface area contributed by atoms with Gasteiger partial charge in [0.1, 0.15) is 0 Å². The molecular formula is C22H29N3O2S. The zero-order chi connectivity index (χ0) is 20.2. The van der Waals surface area contributed by atoms with Gasteiger partial charge in [-0.1, -0.05) is 56.3 Å². The molecule has 0 fully saturated rings. The molecule has 2 rings (SSSR count). The predicted octanol–water partition coefficient (Wildman–Crippen LogP) is 3.48. The Balaban J connectivity index is 1.72. The number of hydrogen-bond donors (Lipinski definition) is 2. The Morgan fingerprint density at radius 1 is 0.929 bits per heavy atom. The molecule has 150 valence electrons. The third kappa shape index (κ3) is 7.74. The van der Waals surface area contributed by atoms with E-state index in [1.165, 1.54) is 0 Å². The molecular weight excluding hydrogens is 370 g/mol. The molecule has 2 N–H and O–H groups in total. The van der Waals surface area contributed by atoms with Crippen molar-refractivity contribution in [2.75, 3.05) is 43.0 Å². The maximum Gasteiger partial charge on any atom is 0.243 e. The third-order valence-electron chi connectivity index (χ3n) is 4.38. The van der Waals surface area contributed by atoms with Crippen molar-refractivity contribution < 1.29 is 9.59 Å². The van der Waals surface area contributed by atoms with Crippen LogP contribution in [0.25, 0.3) is 11.1 Å². The van der Waals surface area contributed by atoms with E-state index < -0.39 is 0 Å². The molecule has 6 heteroatoms. The van der Waals surface area contributed by atoms with Crippen LogP contribution in [0.15, 0.2) is 54.6 Å². The highest BCUT2D eigenvalue weighted by atomic mass is 32.2. The first kappa shape index (κ1) is 22.0. The molecule has 0 spiro atoms. The molecule has 2 amide bonds. The van der Waals surface area contributed by atoms with Crippen molar-refractivity contribution in [3.63, 3.8) is 0 Å². The van der Waals surface area contributed by atoms with E-state index in [1.807, 2.05) is 54.6 Å². The number of rotatable bonds is 11. The molecule has 0 aliphatic carbocycles. The molecule has 5 nitrogen and oxygen atoms in total. The summed E-state index contributed by atoms with van der Waals surface area (Å²) >= 11 is 1.59. The molecule has 0 radical (unpaired) electrons. The second-order valence-electron chi connectivity index (χ2n) is 6.35. The minimum Gasteiger partial charge on any atom is -0.346 e. The molecule has 2 aromatic rings. The second kappa shape index (κ2) is 12.2.